The maximum absolute atomic E-state index is 11.6. The predicted octanol–water partition coefficient (Wildman–Crippen LogP) is 2.75. The lowest BCUT2D eigenvalue weighted by molar-refractivity contribution is -0.137. The predicted molar refractivity (Wildman–Crippen MR) is 79.9 cm³/mol. The second-order valence-corrected chi connectivity index (χ2v) is 5.76. The highest BCUT2D eigenvalue weighted by atomic mass is 32.1. The zero-order valence-corrected chi connectivity index (χ0v) is 12.8. The molecule has 0 bridgehead atoms. The molecule has 1 atom stereocenters. The van der Waals surface area contributed by atoms with Crippen LogP contribution in [0.25, 0.3) is 0 Å². The summed E-state index contributed by atoms with van der Waals surface area (Å²) in [6.45, 7) is 5.12. The normalized spacial score (nSPS) is 11.9. The van der Waals surface area contributed by atoms with Crippen molar-refractivity contribution >= 4 is 23.3 Å². The van der Waals surface area contributed by atoms with Crippen LogP contribution in [0, 0.1) is 12.8 Å². The summed E-state index contributed by atoms with van der Waals surface area (Å²) in [5, 5.41) is 18.3. The lowest BCUT2D eigenvalue weighted by Gasteiger charge is -2.11. The Morgan fingerprint density at radius 1 is 1.30 bits per heavy atom. The smallest absolute Gasteiger partial charge is 0.315 e. The maximum atomic E-state index is 11.6. The average molecular weight is 298 g/mol. The van der Waals surface area contributed by atoms with Crippen molar-refractivity contribution in [1.29, 1.82) is 0 Å². The van der Waals surface area contributed by atoms with E-state index in [1.54, 1.807) is 11.3 Å². The van der Waals surface area contributed by atoms with Gasteiger partial charge in [0.15, 0.2) is 0 Å². The maximum Gasteiger partial charge on any atom is 0.315 e. The van der Waals surface area contributed by atoms with E-state index in [1.165, 1.54) is 5.56 Å². The molecule has 0 saturated carbocycles. The number of rotatable bonds is 8. The molecule has 0 fully saturated rings. The molecule has 20 heavy (non-hydrogen) atoms. The van der Waals surface area contributed by atoms with E-state index in [0.29, 0.717) is 25.4 Å². The van der Waals surface area contributed by atoms with Crippen molar-refractivity contribution in [2.24, 2.45) is 5.92 Å². The molecular formula is C14H22N2O3S. The molecule has 2 amide bonds. The van der Waals surface area contributed by atoms with E-state index in [4.69, 9.17) is 5.11 Å². The molecule has 0 aromatic carbocycles. The van der Waals surface area contributed by atoms with Crippen molar-refractivity contribution in [3.05, 3.63) is 21.9 Å². The van der Waals surface area contributed by atoms with Gasteiger partial charge in [-0.05, 0) is 47.6 Å². The monoisotopic (exact) mass is 298 g/mol. The molecule has 0 spiro atoms. The minimum absolute atomic E-state index is 0.180. The third kappa shape index (κ3) is 6.56. The van der Waals surface area contributed by atoms with Gasteiger partial charge in [-0.25, -0.2) is 4.79 Å². The molecule has 0 saturated heterocycles. The zero-order valence-electron chi connectivity index (χ0n) is 11.9. The van der Waals surface area contributed by atoms with Gasteiger partial charge in [0.05, 0.1) is 0 Å². The van der Waals surface area contributed by atoms with Gasteiger partial charge in [0.1, 0.15) is 0 Å². The van der Waals surface area contributed by atoms with Gasteiger partial charge in [0.25, 0.3) is 0 Å². The van der Waals surface area contributed by atoms with E-state index in [0.717, 1.165) is 12.0 Å². The standard InChI is InChI=1S/C14H22N2O3S/c1-10(3-4-13(17)18)5-6-15-14(19)16-7-12-9-20-8-11(12)2/h8-10H,3-7H2,1-2H3,(H,17,18)(H2,15,16,19). The molecule has 1 heterocycles. The highest BCUT2D eigenvalue weighted by Gasteiger charge is 2.07. The zero-order chi connectivity index (χ0) is 15.0. The van der Waals surface area contributed by atoms with Crippen LogP contribution in [0.15, 0.2) is 10.8 Å². The fraction of sp³-hybridized carbons (Fsp3) is 0.571. The molecule has 6 heteroatoms. The van der Waals surface area contributed by atoms with Gasteiger partial charge < -0.3 is 15.7 Å². The Balaban J connectivity index is 2.11. The van der Waals surface area contributed by atoms with Crippen molar-refractivity contribution < 1.29 is 14.7 Å². The van der Waals surface area contributed by atoms with Crippen molar-refractivity contribution in [1.82, 2.24) is 10.6 Å². The SMILES string of the molecule is Cc1cscc1CNC(=O)NCCC(C)CCC(=O)O. The molecule has 1 rings (SSSR count). The van der Waals surface area contributed by atoms with Gasteiger partial charge in [0, 0.05) is 19.5 Å². The van der Waals surface area contributed by atoms with Crippen LogP contribution in [0.2, 0.25) is 0 Å². The summed E-state index contributed by atoms with van der Waals surface area (Å²) in [4.78, 5) is 22.0. The van der Waals surface area contributed by atoms with E-state index >= 15 is 0 Å². The van der Waals surface area contributed by atoms with Crippen molar-refractivity contribution in [3.8, 4) is 0 Å². The van der Waals surface area contributed by atoms with E-state index in [-0.39, 0.29) is 12.5 Å². The number of amides is 2. The van der Waals surface area contributed by atoms with Crippen LogP contribution < -0.4 is 10.6 Å². The van der Waals surface area contributed by atoms with Gasteiger partial charge in [-0.2, -0.15) is 11.3 Å². The lowest BCUT2D eigenvalue weighted by atomic mass is 10.0. The topological polar surface area (TPSA) is 78.4 Å². The largest absolute Gasteiger partial charge is 0.481 e. The third-order valence-electron chi connectivity index (χ3n) is 3.17. The van der Waals surface area contributed by atoms with Crippen molar-refractivity contribution in [2.75, 3.05) is 6.54 Å². The van der Waals surface area contributed by atoms with Crippen molar-refractivity contribution in [3.63, 3.8) is 0 Å². The molecular weight excluding hydrogens is 276 g/mol. The summed E-state index contributed by atoms with van der Waals surface area (Å²) in [7, 11) is 0. The van der Waals surface area contributed by atoms with Crippen LogP contribution in [0.4, 0.5) is 4.79 Å². The Bertz CT molecular complexity index is 445. The number of carbonyl (C=O) groups is 2. The molecule has 3 N–H and O–H groups in total. The Hall–Kier alpha value is -1.56. The van der Waals surface area contributed by atoms with E-state index in [2.05, 4.69) is 16.0 Å². The molecule has 112 valence electrons. The van der Waals surface area contributed by atoms with E-state index < -0.39 is 5.97 Å². The Kier molecular flexibility index (Phi) is 7.08. The lowest BCUT2D eigenvalue weighted by Crippen LogP contribution is -2.36. The number of aryl methyl sites for hydroxylation is 1. The number of carboxylic acid groups (broad SMARTS) is 1. The number of nitrogens with one attached hydrogen (secondary N) is 2. The van der Waals surface area contributed by atoms with Gasteiger partial charge in [0.2, 0.25) is 0 Å². The number of aliphatic carboxylic acids is 1. The number of hydrogen-bond acceptors (Lipinski definition) is 3. The minimum Gasteiger partial charge on any atom is -0.481 e. The molecule has 0 aliphatic heterocycles. The summed E-state index contributed by atoms with van der Waals surface area (Å²) in [5.74, 6) is -0.473. The molecule has 1 aromatic heterocycles. The van der Waals surface area contributed by atoms with Crippen LogP contribution >= 0.6 is 11.3 Å². The van der Waals surface area contributed by atoms with Crippen LogP contribution in [0.5, 0.6) is 0 Å². The summed E-state index contributed by atoms with van der Waals surface area (Å²) >= 11 is 1.63. The summed E-state index contributed by atoms with van der Waals surface area (Å²) in [5.41, 5.74) is 2.33. The first-order valence-electron chi connectivity index (χ1n) is 6.74. The van der Waals surface area contributed by atoms with Gasteiger partial charge in [-0.1, -0.05) is 6.92 Å². The van der Waals surface area contributed by atoms with Gasteiger partial charge in [-0.15, -0.1) is 0 Å². The van der Waals surface area contributed by atoms with E-state index in [9.17, 15) is 9.59 Å². The molecule has 0 aliphatic rings. The number of carboxylic acids is 1. The number of urea groups is 1. The highest BCUT2D eigenvalue weighted by Crippen LogP contribution is 2.13. The second kappa shape index (κ2) is 8.58. The molecule has 1 unspecified atom stereocenters. The third-order valence-corrected chi connectivity index (χ3v) is 4.08. The average Bonchev–Trinajstić information content (AvgIpc) is 2.79. The quantitative estimate of drug-likeness (QED) is 0.690. The van der Waals surface area contributed by atoms with Crippen LogP contribution in [-0.2, 0) is 11.3 Å². The van der Waals surface area contributed by atoms with Crippen molar-refractivity contribution in [2.45, 2.75) is 39.7 Å². The Morgan fingerprint density at radius 2 is 2.05 bits per heavy atom. The van der Waals surface area contributed by atoms with Gasteiger partial charge in [-0.3, -0.25) is 4.79 Å². The fourth-order valence-electron chi connectivity index (χ4n) is 1.75. The van der Waals surface area contributed by atoms with Crippen LogP contribution in [0.1, 0.15) is 37.3 Å². The Labute approximate surface area is 123 Å². The molecule has 5 nitrogen and oxygen atoms in total. The van der Waals surface area contributed by atoms with Gasteiger partial charge >= 0.3 is 12.0 Å². The first kappa shape index (κ1) is 16.5. The first-order valence-corrected chi connectivity index (χ1v) is 7.68. The Morgan fingerprint density at radius 3 is 2.65 bits per heavy atom. The molecule has 0 aliphatic carbocycles. The van der Waals surface area contributed by atoms with E-state index in [1.807, 2.05) is 19.2 Å². The molecule has 0 radical (unpaired) electrons. The summed E-state index contributed by atoms with van der Waals surface area (Å²) < 4.78 is 0. The summed E-state index contributed by atoms with van der Waals surface area (Å²) in [6, 6.07) is -0.180. The number of thiophene rings is 1. The summed E-state index contributed by atoms with van der Waals surface area (Å²) in [6.07, 6.45) is 1.62. The fourth-order valence-corrected chi connectivity index (χ4v) is 2.61. The van der Waals surface area contributed by atoms with Crippen LogP contribution in [0.3, 0.4) is 0 Å². The van der Waals surface area contributed by atoms with Crippen LogP contribution in [-0.4, -0.2) is 23.7 Å². The number of hydrogen-bond donors (Lipinski definition) is 3. The molecule has 1 aromatic rings. The first-order chi connectivity index (χ1) is 9.49. The highest BCUT2D eigenvalue weighted by molar-refractivity contribution is 7.08. The number of carbonyl (C=O) groups excluding carboxylic acids is 1. The minimum atomic E-state index is -0.770. The second-order valence-electron chi connectivity index (χ2n) is 5.02.